The molecular weight excluding hydrogens is 288 g/mol. The van der Waals surface area contributed by atoms with E-state index in [1.165, 1.54) is 22.2 Å². The summed E-state index contributed by atoms with van der Waals surface area (Å²) in [5, 5.41) is 11.8. The number of anilines is 1. The number of hydrogen-bond donors (Lipinski definition) is 2. The minimum absolute atomic E-state index is 0.138. The molecule has 5 nitrogen and oxygen atoms in total. The number of amides is 2. The Kier molecular flexibility index (Phi) is 4.77. The molecule has 2 rings (SSSR count). The summed E-state index contributed by atoms with van der Waals surface area (Å²) in [4.78, 5) is 24.9. The zero-order valence-electron chi connectivity index (χ0n) is 12.4. The van der Waals surface area contributed by atoms with Crippen molar-refractivity contribution in [2.75, 3.05) is 11.1 Å². The van der Waals surface area contributed by atoms with E-state index >= 15 is 0 Å². The summed E-state index contributed by atoms with van der Waals surface area (Å²) in [7, 11) is 0. The fraction of sp³-hybridized carbons (Fsp3) is 0.467. The highest BCUT2D eigenvalue weighted by molar-refractivity contribution is 8.00. The molecule has 6 heteroatoms. The van der Waals surface area contributed by atoms with E-state index in [2.05, 4.69) is 19.2 Å². The van der Waals surface area contributed by atoms with Gasteiger partial charge in [-0.3, -0.25) is 4.90 Å². The average molecular weight is 308 g/mol. The number of rotatable bonds is 3. The summed E-state index contributed by atoms with van der Waals surface area (Å²) in [6.07, 6.45) is 0. The molecule has 0 spiro atoms. The van der Waals surface area contributed by atoms with Gasteiger partial charge in [-0.25, -0.2) is 9.59 Å². The number of carbonyl (C=O) groups excluding carboxylic acids is 1. The predicted molar refractivity (Wildman–Crippen MR) is 84.7 cm³/mol. The van der Waals surface area contributed by atoms with Gasteiger partial charge >= 0.3 is 12.0 Å². The zero-order chi connectivity index (χ0) is 15.6. The van der Waals surface area contributed by atoms with Crippen molar-refractivity contribution in [2.45, 2.75) is 38.1 Å². The number of nitrogens with one attached hydrogen (secondary N) is 1. The second-order valence-electron chi connectivity index (χ2n) is 5.40. The first-order valence-electron chi connectivity index (χ1n) is 6.94. The summed E-state index contributed by atoms with van der Waals surface area (Å²) >= 11 is 1.47. The van der Waals surface area contributed by atoms with Crippen LogP contribution in [0.2, 0.25) is 0 Å². The van der Waals surface area contributed by atoms with Crippen LogP contribution in [0.3, 0.4) is 0 Å². The van der Waals surface area contributed by atoms with Crippen LogP contribution in [-0.4, -0.2) is 39.2 Å². The molecule has 1 aliphatic rings. The molecule has 1 fully saturated rings. The Bertz CT molecular complexity index is 530. The van der Waals surface area contributed by atoms with E-state index in [9.17, 15) is 14.7 Å². The highest BCUT2D eigenvalue weighted by Crippen LogP contribution is 2.29. The van der Waals surface area contributed by atoms with Gasteiger partial charge in [0.2, 0.25) is 0 Å². The van der Waals surface area contributed by atoms with E-state index in [-0.39, 0.29) is 11.4 Å². The van der Waals surface area contributed by atoms with Gasteiger partial charge in [0.25, 0.3) is 0 Å². The first-order valence-corrected chi connectivity index (χ1v) is 7.98. The van der Waals surface area contributed by atoms with E-state index in [0.717, 1.165) is 0 Å². The molecule has 1 aromatic rings. The van der Waals surface area contributed by atoms with Crippen LogP contribution in [0.1, 0.15) is 32.3 Å². The standard InChI is InChI=1S/C15H20N2O3S/c1-9(2)11-4-6-12(7-5-11)16-15(20)17-10(3)21-8-13(17)14(18)19/h4-7,9-10,13H,8H2,1-3H3,(H,16,20)(H,18,19). The number of benzene rings is 1. The maximum absolute atomic E-state index is 12.3. The van der Waals surface area contributed by atoms with Crippen LogP contribution in [0, 0.1) is 0 Å². The van der Waals surface area contributed by atoms with Gasteiger partial charge in [0.15, 0.2) is 0 Å². The summed E-state index contributed by atoms with van der Waals surface area (Å²) in [6.45, 7) is 6.05. The summed E-state index contributed by atoms with van der Waals surface area (Å²) < 4.78 is 0. The molecule has 114 valence electrons. The minimum Gasteiger partial charge on any atom is -0.480 e. The van der Waals surface area contributed by atoms with Crippen molar-refractivity contribution in [3.63, 3.8) is 0 Å². The van der Waals surface area contributed by atoms with Crippen LogP contribution in [0.15, 0.2) is 24.3 Å². The topological polar surface area (TPSA) is 69.6 Å². The fourth-order valence-electron chi connectivity index (χ4n) is 2.28. The number of thioether (sulfide) groups is 1. The fourth-order valence-corrected chi connectivity index (χ4v) is 3.45. The number of aliphatic carboxylic acids is 1. The van der Waals surface area contributed by atoms with Gasteiger partial charge in [-0.15, -0.1) is 11.8 Å². The molecule has 1 saturated heterocycles. The zero-order valence-corrected chi connectivity index (χ0v) is 13.2. The predicted octanol–water partition coefficient (Wildman–Crippen LogP) is 3.19. The highest BCUT2D eigenvalue weighted by atomic mass is 32.2. The molecule has 2 N–H and O–H groups in total. The number of hydrogen-bond acceptors (Lipinski definition) is 3. The highest BCUT2D eigenvalue weighted by Gasteiger charge is 2.39. The van der Waals surface area contributed by atoms with E-state index in [1.807, 2.05) is 31.2 Å². The first-order chi connectivity index (χ1) is 9.90. The van der Waals surface area contributed by atoms with Crippen molar-refractivity contribution in [2.24, 2.45) is 0 Å². The number of carboxylic acid groups (broad SMARTS) is 1. The Hall–Kier alpha value is -1.69. The minimum atomic E-state index is -0.961. The summed E-state index contributed by atoms with van der Waals surface area (Å²) in [6, 6.07) is 6.50. The van der Waals surface area contributed by atoms with E-state index in [1.54, 1.807) is 0 Å². The number of carbonyl (C=O) groups is 2. The van der Waals surface area contributed by atoms with E-state index in [4.69, 9.17) is 0 Å². The third-order valence-corrected chi connectivity index (χ3v) is 4.79. The van der Waals surface area contributed by atoms with Gasteiger partial charge in [-0.05, 0) is 30.5 Å². The molecule has 0 radical (unpaired) electrons. The molecule has 0 saturated carbocycles. The Morgan fingerprint density at radius 1 is 1.33 bits per heavy atom. The van der Waals surface area contributed by atoms with Crippen molar-refractivity contribution in [3.8, 4) is 0 Å². The van der Waals surface area contributed by atoms with Crippen LogP contribution >= 0.6 is 11.8 Å². The molecule has 1 heterocycles. The van der Waals surface area contributed by atoms with Crippen molar-refractivity contribution in [1.29, 1.82) is 0 Å². The largest absolute Gasteiger partial charge is 0.480 e. The van der Waals surface area contributed by atoms with Gasteiger partial charge in [0, 0.05) is 11.4 Å². The summed E-state index contributed by atoms with van der Waals surface area (Å²) in [5.74, 6) is -0.103. The Morgan fingerprint density at radius 3 is 2.48 bits per heavy atom. The molecule has 2 amide bonds. The van der Waals surface area contributed by atoms with Crippen LogP contribution < -0.4 is 5.32 Å². The third kappa shape index (κ3) is 3.50. The lowest BCUT2D eigenvalue weighted by molar-refractivity contribution is -0.141. The molecule has 2 atom stereocenters. The third-order valence-electron chi connectivity index (χ3n) is 3.57. The van der Waals surface area contributed by atoms with Gasteiger partial charge < -0.3 is 10.4 Å². The van der Waals surface area contributed by atoms with Crippen molar-refractivity contribution in [3.05, 3.63) is 29.8 Å². The van der Waals surface area contributed by atoms with Crippen molar-refractivity contribution in [1.82, 2.24) is 4.90 Å². The maximum atomic E-state index is 12.3. The van der Waals surface area contributed by atoms with Crippen molar-refractivity contribution < 1.29 is 14.7 Å². The lowest BCUT2D eigenvalue weighted by Gasteiger charge is -2.25. The lowest BCUT2D eigenvalue weighted by Crippen LogP contribution is -2.46. The summed E-state index contributed by atoms with van der Waals surface area (Å²) in [5.41, 5.74) is 1.87. The maximum Gasteiger partial charge on any atom is 0.327 e. The van der Waals surface area contributed by atoms with Crippen LogP contribution in [0.5, 0.6) is 0 Å². The molecule has 0 bridgehead atoms. The second-order valence-corrected chi connectivity index (χ2v) is 6.75. The van der Waals surface area contributed by atoms with Crippen LogP contribution in [-0.2, 0) is 4.79 Å². The van der Waals surface area contributed by atoms with Gasteiger partial charge in [-0.2, -0.15) is 0 Å². The SMILES string of the molecule is CC(C)c1ccc(NC(=O)N2C(C)SCC2C(=O)O)cc1. The van der Waals surface area contributed by atoms with Gasteiger partial charge in [0.1, 0.15) is 6.04 Å². The number of nitrogens with zero attached hydrogens (tertiary/aromatic N) is 1. The molecule has 1 aromatic carbocycles. The van der Waals surface area contributed by atoms with E-state index in [0.29, 0.717) is 17.4 Å². The molecule has 21 heavy (non-hydrogen) atoms. The smallest absolute Gasteiger partial charge is 0.327 e. The average Bonchev–Trinajstić information content (AvgIpc) is 2.81. The Morgan fingerprint density at radius 2 is 1.95 bits per heavy atom. The number of carboxylic acids is 1. The normalized spacial score (nSPS) is 21.6. The van der Waals surface area contributed by atoms with Gasteiger partial charge in [-0.1, -0.05) is 26.0 Å². The van der Waals surface area contributed by atoms with Gasteiger partial charge in [0.05, 0.1) is 5.37 Å². The Balaban J connectivity index is 2.08. The van der Waals surface area contributed by atoms with Crippen LogP contribution in [0.4, 0.5) is 10.5 Å². The van der Waals surface area contributed by atoms with Crippen molar-refractivity contribution >= 4 is 29.4 Å². The monoisotopic (exact) mass is 308 g/mol. The molecule has 0 aliphatic carbocycles. The lowest BCUT2D eigenvalue weighted by atomic mass is 10.0. The molecular formula is C15H20N2O3S. The quantitative estimate of drug-likeness (QED) is 0.899. The molecule has 0 aromatic heterocycles. The first kappa shape index (κ1) is 15.7. The molecule has 1 aliphatic heterocycles. The van der Waals surface area contributed by atoms with Crippen LogP contribution in [0.25, 0.3) is 0 Å². The second kappa shape index (κ2) is 6.39. The molecule has 2 unspecified atom stereocenters. The number of urea groups is 1. The Labute approximate surface area is 128 Å². The van der Waals surface area contributed by atoms with E-state index < -0.39 is 12.0 Å².